The Bertz CT molecular complexity index is 1450. The number of nitrogens with one attached hydrogen (secondary N) is 1. The molecular weight excluding hydrogens is 432 g/mol. The van der Waals surface area contributed by atoms with E-state index in [9.17, 15) is 18.0 Å². The summed E-state index contributed by atoms with van der Waals surface area (Å²) in [5, 5.41) is 3.54. The Balaban J connectivity index is 1.59. The summed E-state index contributed by atoms with van der Waals surface area (Å²) >= 11 is 2.62. The van der Waals surface area contributed by atoms with Crippen LogP contribution in [-0.2, 0) is 21.2 Å². The molecule has 0 fully saturated rings. The molecule has 8 nitrogen and oxygen atoms in total. The van der Waals surface area contributed by atoms with Gasteiger partial charge in [-0.15, -0.1) is 11.3 Å². The smallest absolute Gasteiger partial charge is 0.262 e. The summed E-state index contributed by atoms with van der Waals surface area (Å²) in [6.45, 7) is 3.61. The number of hydrogen-bond donors (Lipinski definition) is 1. The van der Waals surface area contributed by atoms with Crippen molar-refractivity contribution in [3.63, 3.8) is 0 Å². The molecule has 0 spiro atoms. The van der Waals surface area contributed by atoms with E-state index in [0.29, 0.717) is 25.6 Å². The molecule has 4 rings (SSSR count). The van der Waals surface area contributed by atoms with E-state index in [4.69, 9.17) is 0 Å². The molecule has 1 N–H and O–H groups in total. The summed E-state index contributed by atoms with van der Waals surface area (Å²) in [6, 6.07) is 4.61. The van der Waals surface area contributed by atoms with Crippen LogP contribution >= 0.6 is 22.7 Å². The topological polar surface area (TPSA) is 111 Å². The minimum Gasteiger partial charge on any atom is -0.300 e. The summed E-state index contributed by atoms with van der Waals surface area (Å²) in [5.74, 6) is -0.416. The predicted molar refractivity (Wildman–Crippen MR) is 115 cm³/mol. The van der Waals surface area contributed by atoms with E-state index in [2.05, 4.69) is 15.3 Å². The number of aromatic nitrogens is 3. The zero-order valence-corrected chi connectivity index (χ0v) is 18.2. The molecule has 29 heavy (non-hydrogen) atoms. The zero-order chi connectivity index (χ0) is 20.9. The van der Waals surface area contributed by atoms with Gasteiger partial charge in [-0.2, -0.15) is 0 Å². The van der Waals surface area contributed by atoms with Gasteiger partial charge in [0.15, 0.2) is 15.0 Å². The standard InChI is InChI=1S/C18H16N4O4S3/c1-9-10(2)27-16-15(9)17(24)22(8-19-16)7-14(23)21-18-20-12-5-4-11(29(3,25)26)6-13(12)28-18/h4-6,8H,7H2,1-3H3,(H,20,21,23). The summed E-state index contributed by atoms with van der Waals surface area (Å²) < 4.78 is 25.3. The average Bonchev–Trinajstić information content (AvgIpc) is 3.16. The molecule has 1 aromatic carbocycles. The summed E-state index contributed by atoms with van der Waals surface area (Å²) in [6.07, 6.45) is 2.51. The van der Waals surface area contributed by atoms with Crippen molar-refractivity contribution in [1.29, 1.82) is 0 Å². The van der Waals surface area contributed by atoms with E-state index in [0.717, 1.165) is 16.7 Å². The number of thiazole rings is 1. The third-order valence-corrected chi connectivity index (χ3v) is 7.66. The van der Waals surface area contributed by atoms with E-state index in [-0.39, 0.29) is 17.0 Å². The number of thiophene rings is 1. The molecule has 0 saturated carbocycles. The average molecular weight is 449 g/mol. The molecule has 0 aliphatic heterocycles. The van der Waals surface area contributed by atoms with Gasteiger partial charge in [-0.1, -0.05) is 11.3 Å². The Morgan fingerprint density at radius 3 is 2.72 bits per heavy atom. The molecule has 150 valence electrons. The van der Waals surface area contributed by atoms with Crippen LogP contribution in [0.4, 0.5) is 5.13 Å². The Hall–Kier alpha value is -2.63. The number of hydrogen-bond acceptors (Lipinski definition) is 8. The molecule has 0 radical (unpaired) electrons. The maximum atomic E-state index is 12.7. The minimum atomic E-state index is -3.33. The van der Waals surface area contributed by atoms with Gasteiger partial charge < -0.3 is 5.32 Å². The largest absolute Gasteiger partial charge is 0.300 e. The number of anilines is 1. The first-order chi connectivity index (χ1) is 13.6. The predicted octanol–water partition coefficient (Wildman–Crippen LogP) is 2.73. The van der Waals surface area contributed by atoms with E-state index in [1.54, 1.807) is 6.07 Å². The van der Waals surface area contributed by atoms with E-state index in [1.807, 2.05) is 13.8 Å². The van der Waals surface area contributed by atoms with E-state index < -0.39 is 15.7 Å². The number of rotatable bonds is 4. The Labute approximate surface area is 173 Å². The number of aryl methyl sites for hydroxylation is 2. The molecule has 0 aliphatic rings. The van der Waals surface area contributed by atoms with Crippen LogP contribution < -0.4 is 10.9 Å². The van der Waals surface area contributed by atoms with Crippen LogP contribution in [0.2, 0.25) is 0 Å². The molecule has 0 unspecified atom stereocenters. The second-order valence-corrected chi connectivity index (χ2v) is 10.9. The van der Waals surface area contributed by atoms with Gasteiger partial charge in [0, 0.05) is 11.1 Å². The van der Waals surface area contributed by atoms with Crippen LogP contribution in [0.1, 0.15) is 10.4 Å². The van der Waals surface area contributed by atoms with Gasteiger partial charge >= 0.3 is 0 Å². The molecule has 0 aliphatic carbocycles. The lowest BCUT2D eigenvalue weighted by atomic mass is 10.2. The molecule has 0 saturated heterocycles. The van der Waals surface area contributed by atoms with Gasteiger partial charge in [0.1, 0.15) is 11.4 Å². The normalized spacial score (nSPS) is 12.0. The van der Waals surface area contributed by atoms with Crippen molar-refractivity contribution in [1.82, 2.24) is 14.5 Å². The summed E-state index contributed by atoms with van der Waals surface area (Å²) in [5.41, 5.74) is 1.21. The minimum absolute atomic E-state index is 0.193. The highest BCUT2D eigenvalue weighted by atomic mass is 32.2. The SMILES string of the molecule is Cc1sc2ncn(CC(=O)Nc3nc4ccc(S(C)(=O)=O)cc4s3)c(=O)c2c1C. The number of sulfone groups is 1. The quantitative estimate of drug-likeness (QED) is 0.514. The Morgan fingerprint density at radius 1 is 1.24 bits per heavy atom. The lowest BCUT2D eigenvalue weighted by molar-refractivity contribution is -0.116. The first-order valence-electron chi connectivity index (χ1n) is 8.49. The van der Waals surface area contributed by atoms with Gasteiger partial charge in [-0.05, 0) is 37.6 Å². The third kappa shape index (κ3) is 3.68. The van der Waals surface area contributed by atoms with Crippen LogP contribution in [0, 0.1) is 13.8 Å². The van der Waals surface area contributed by atoms with Crippen LogP contribution in [0.5, 0.6) is 0 Å². The van der Waals surface area contributed by atoms with E-state index >= 15 is 0 Å². The van der Waals surface area contributed by atoms with Gasteiger partial charge in [0.2, 0.25) is 5.91 Å². The Kier molecular flexibility index (Phi) is 4.75. The summed E-state index contributed by atoms with van der Waals surface area (Å²) in [4.78, 5) is 35.6. The van der Waals surface area contributed by atoms with E-state index in [1.165, 1.54) is 45.7 Å². The fourth-order valence-corrected chi connectivity index (χ4v) is 5.52. The first-order valence-corrected chi connectivity index (χ1v) is 12.0. The van der Waals surface area contributed by atoms with Crippen LogP contribution in [0.3, 0.4) is 0 Å². The van der Waals surface area contributed by atoms with Crippen molar-refractivity contribution in [3.05, 3.63) is 45.3 Å². The number of benzene rings is 1. The molecule has 3 heterocycles. The Morgan fingerprint density at radius 2 is 2.00 bits per heavy atom. The van der Waals surface area contributed by atoms with Crippen molar-refractivity contribution in [2.24, 2.45) is 0 Å². The van der Waals surface area contributed by atoms with Crippen LogP contribution in [-0.4, -0.2) is 35.1 Å². The number of fused-ring (bicyclic) bond motifs is 2. The highest BCUT2D eigenvalue weighted by Gasteiger charge is 2.15. The van der Waals surface area contributed by atoms with Gasteiger partial charge in [-0.3, -0.25) is 14.2 Å². The van der Waals surface area contributed by atoms with Crippen LogP contribution in [0.25, 0.3) is 20.4 Å². The van der Waals surface area contributed by atoms with Crippen LogP contribution in [0.15, 0.2) is 34.2 Å². The van der Waals surface area contributed by atoms with Crippen molar-refractivity contribution in [2.75, 3.05) is 11.6 Å². The van der Waals surface area contributed by atoms with Crippen molar-refractivity contribution >= 4 is 64.0 Å². The molecule has 1 amide bonds. The van der Waals surface area contributed by atoms with Crippen molar-refractivity contribution in [2.45, 2.75) is 25.3 Å². The number of nitrogens with zero attached hydrogens (tertiary/aromatic N) is 3. The maximum Gasteiger partial charge on any atom is 0.262 e. The molecule has 0 bridgehead atoms. The highest BCUT2D eigenvalue weighted by Crippen LogP contribution is 2.28. The fourth-order valence-electron chi connectivity index (χ4n) is 2.89. The lowest BCUT2D eigenvalue weighted by Gasteiger charge is -2.05. The summed E-state index contributed by atoms with van der Waals surface area (Å²) in [7, 11) is -3.33. The van der Waals surface area contributed by atoms with Crippen molar-refractivity contribution in [3.8, 4) is 0 Å². The highest BCUT2D eigenvalue weighted by molar-refractivity contribution is 7.90. The number of carbonyl (C=O) groups is 1. The molecule has 0 atom stereocenters. The van der Waals surface area contributed by atoms with Gasteiger partial charge in [-0.25, -0.2) is 18.4 Å². The van der Waals surface area contributed by atoms with Gasteiger partial charge in [0.25, 0.3) is 5.56 Å². The number of amides is 1. The number of carbonyl (C=O) groups excluding carboxylic acids is 1. The molecular formula is C18H16N4O4S3. The lowest BCUT2D eigenvalue weighted by Crippen LogP contribution is -2.27. The third-order valence-electron chi connectivity index (χ3n) is 4.50. The maximum absolute atomic E-state index is 12.7. The first kappa shape index (κ1) is 19.7. The van der Waals surface area contributed by atoms with Crippen molar-refractivity contribution < 1.29 is 13.2 Å². The monoisotopic (exact) mass is 448 g/mol. The molecule has 3 aromatic heterocycles. The molecule has 11 heteroatoms. The zero-order valence-electron chi connectivity index (χ0n) is 15.7. The molecule has 4 aromatic rings. The second kappa shape index (κ2) is 7.01. The second-order valence-electron chi connectivity index (χ2n) is 6.61. The fraction of sp³-hybridized carbons (Fsp3) is 0.222. The van der Waals surface area contributed by atoms with Gasteiger partial charge in [0.05, 0.1) is 26.8 Å².